The van der Waals surface area contributed by atoms with Gasteiger partial charge < -0.3 is 9.47 Å². The molecule has 0 spiro atoms. The lowest BCUT2D eigenvalue weighted by atomic mass is 10.3. The minimum absolute atomic E-state index is 0.0768. The molecule has 0 fully saturated rings. The van der Waals surface area contributed by atoms with Crippen molar-refractivity contribution in [2.24, 2.45) is 0 Å². The van der Waals surface area contributed by atoms with Gasteiger partial charge in [0.15, 0.2) is 0 Å². The smallest absolute Gasteiger partial charge is 0.213 e. The summed E-state index contributed by atoms with van der Waals surface area (Å²) in [6.07, 6.45) is 0. The molecule has 4 nitrogen and oxygen atoms in total. The maximum Gasteiger partial charge on any atom is 0.213 e. The number of rotatable bonds is 6. The van der Waals surface area contributed by atoms with Crippen LogP contribution in [-0.4, -0.2) is 8.42 Å². The van der Waals surface area contributed by atoms with Gasteiger partial charge in [0, 0.05) is 0 Å². The van der Waals surface area contributed by atoms with E-state index in [0.717, 1.165) is 0 Å². The van der Waals surface area contributed by atoms with Crippen LogP contribution in [0.15, 0.2) is 119 Å². The fraction of sp³-hybridized carbons (Fsp3) is 0. The zero-order valence-electron chi connectivity index (χ0n) is 15.4. The second-order valence-electron chi connectivity index (χ2n) is 6.23. The van der Waals surface area contributed by atoms with Crippen molar-refractivity contribution in [1.29, 1.82) is 0 Å². The third-order valence-corrected chi connectivity index (χ3v) is 6.05. The van der Waals surface area contributed by atoms with E-state index in [-0.39, 0.29) is 21.3 Å². The van der Waals surface area contributed by atoms with Crippen LogP contribution in [0, 0.1) is 0 Å². The second-order valence-corrected chi connectivity index (χ2v) is 8.11. The van der Waals surface area contributed by atoms with Crippen molar-refractivity contribution in [2.45, 2.75) is 9.79 Å². The highest BCUT2D eigenvalue weighted by Gasteiger charge is 2.26. The van der Waals surface area contributed by atoms with Gasteiger partial charge in [-0.3, -0.25) is 0 Å². The normalized spacial score (nSPS) is 11.0. The molecular formula is C24H18O4S. The van der Waals surface area contributed by atoms with E-state index in [1.165, 1.54) is 12.1 Å². The summed E-state index contributed by atoms with van der Waals surface area (Å²) >= 11 is 0. The summed E-state index contributed by atoms with van der Waals surface area (Å²) in [4.78, 5) is 0.154. The van der Waals surface area contributed by atoms with Crippen LogP contribution < -0.4 is 9.47 Å². The first kappa shape index (κ1) is 18.8. The van der Waals surface area contributed by atoms with Gasteiger partial charge in [-0.05, 0) is 48.5 Å². The molecule has 0 aliphatic carbocycles. The van der Waals surface area contributed by atoms with Crippen LogP contribution in [0.1, 0.15) is 0 Å². The Labute approximate surface area is 169 Å². The molecule has 0 heterocycles. The van der Waals surface area contributed by atoms with E-state index in [1.807, 2.05) is 36.4 Å². The van der Waals surface area contributed by atoms with Crippen LogP contribution in [0.25, 0.3) is 0 Å². The molecular weight excluding hydrogens is 384 g/mol. The lowest BCUT2D eigenvalue weighted by Crippen LogP contribution is -2.06. The molecule has 144 valence electrons. The number of para-hydroxylation sites is 4. The molecule has 0 saturated heterocycles. The molecule has 0 aliphatic heterocycles. The van der Waals surface area contributed by atoms with Gasteiger partial charge in [-0.15, -0.1) is 0 Å². The molecule has 0 bridgehead atoms. The van der Waals surface area contributed by atoms with Crippen molar-refractivity contribution in [2.75, 3.05) is 0 Å². The minimum atomic E-state index is -3.89. The van der Waals surface area contributed by atoms with E-state index in [4.69, 9.17) is 9.47 Å². The molecule has 4 rings (SSSR count). The van der Waals surface area contributed by atoms with E-state index in [1.54, 1.807) is 60.7 Å². The van der Waals surface area contributed by atoms with Crippen LogP contribution in [0.4, 0.5) is 0 Å². The molecule has 0 atom stereocenters. The van der Waals surface area contributed by atoms with Crippen molar-refractivity contribution in [3.63, 3.8) is 0 Å². The van der Waals surface area contributed by atoms with E-state index in [9.17, 15) is 8.42 Å². The monoisotopic (exact) mass is 402 g/mol. The molecule has 4 aromatic carbocycles. The van der Waals surface area contributed by atoms with Crippen LogP contribution in [0.2, 0.25) is 0 Å². The fourth-order valence-electron chi connectivity index (χ4n) is 2.86. The fourth-order valence-corrected chi connectivity index (χ4v) is 4.36. The van der Waals surface area contributed by atoms with E-state index in [0.29, 0.717) is 11.5 Å². The van der Waals surface area contributed by atoms with Gasteiger partial charge in [0.05, 0.1) is 0 Å². The maximum atomic E-state index is 13.5. The number of ether oxygens (including phenoxy) is 2. The zero-order valence-corrected chi connectivity index (χ0v) is 16.3. The molecule has 0 unspecified atom stereocenters. The Bertz CT molecular complexity index is 1110. The lowest BCUT2D eigenvalue weighted by Gasteiger charge is -2.14. The minimum Gasteiger partial charge on any atom is -0.456 e. The molecule has 5 heteroatoms. The van der Waals surface area contributed by atoms with Crippen LogP contribution in [0.5, 0.6) is 23.0 Å². The highest BCUT2D eigenvalue weighted by atomic mass is 32.2. The van der Waals surface area contributed by atoms with Gasteiger partial charge in [0.25, 0.3) is 0 Å². The van der Waals surface area contributed by atoms with Crippen molar-refractivity contribution >= 4 is 9.84 Å². The summed E-state index contributed by atoms with van der Waals surface area (Å²) in [5.41, 5.74) is 0. The van der Waals surface area contributed by atoms with Crippen molar-refractivity contribution in [1.82, 2.24) is 0 Å². The molecule has 0 radical (unpaired) electrons. The number of sulfone groups is 1. The maximum absolute atomic E-state index is 13.5. The summed E-state index contributed by atoms with van der Waals surface area (Å²) in [7, 11) is -3.89. The summed E-state index contributed by atoms with van der Waals surface area (Å²) < 4.78 is 38.7. The Kier molecular flexibility index (Phi) is 5.31. The average Bonchev–Trinajstić information content (AvgIpc) is 2.76. The topological polar surface area (TPSA) is 52.6 Å². The molecule has 4 aromatic rings. The summed E-state index contributed by atoms with van der Waals surface area (Å²) in [5, 5.41) is 0. The van der Waals surface area contributed by atoms with E-state index < -0.39 is 9.84 Å². The largest absolute Gasteiger partial charge is 0.456 e. The number of hydrogen-bond acceptors (Lipinski definition) is 4. The van der Waals surface area contributed by atoms with Crippen LogP contribution in [-0.2, 0) is 9.84 Å². The number of hydrogen-bond donors (Lipinski definition) is 0. The van der Waals surface area contributed by atoms with Crippen molar-refractivity contribution in [3.05, 3.63) is 109 Å². The second kappa shape index (κ2) is 8.20. The Morgan fingerprint density at radius 3 is 1.21 bits per heavy atom. The summed E-state index contributed by atoms with van der Waals surface area (Å²) in [5.74, 6) is 1.63. The molecule has 0 N–H and O–H groups in total. The summed E-state index contributed by atoms with van der Waals surface area (Å²) in [6.45, 7) is 0. The van der Waals surface area contributed by atoms with Gasteiger partial charge in [0.2, 0.25) is 9.84 Å². The predicted molar refractivity (Wildman–Crippen MR) is 111 cm³/mol. The Balaban J connectivity index is 1.75. The van der Waals surface area contributed by atoms with Gasteiger partial charge in [-0.1, -0.05) is 60.7 Å². The quantitative estimate of drug-likeness (QED) is 0.391. The first-order valence-electron chi connectivity index (χ1n) is 9.03. The van der Waals surface area contributed by atoms with Crippen LogP contribution in [0.3, 0.4) is 0 Å². The van der Waals surface area contributed by atoms with Crippen LogP contribution >= 0.6 is 0 Å². The third-order valence-electron chi connectivity index (χ3n) is 4.22. The van der Waals surface area contributed by atoms with Gasteiger partial charge in [-0.25, -0.2) is 8.42 Å². The van der Waals surface area contributed by atoms with Gasteiger partial charge >= 0.3 is 0 Å². The van der Waals surface area contributed by atoms with Crippen molar-refractivity contribution in [3.8, 4) is 23.0 Å². The SMILES string of the molecule is O=S(=O)(c1ccccc1Oc1ccccc1)c1ccccc1Oc1ccccc1. The lowest BCUT2D eigenvalue weighted by molar-refractivity contribution is 0.462. The van der Waals surface area contributed by atoms with Gasteiger partial charge in [-0.2, -0.15) is 0 Å². The van der Waals surface area contributed by atoms with E-state index in [2.05, 4.69) is 0 Å². The first-order valence-corrected chi connectivity index (χ1v) is 10.5. The Morgan fingerprint density at radius 1 is 0.448 bits per heavy atom. The average molecular weight is 402 g/mol. The molecule has 0 saturated carbocycles. The zero-order chi connectivity index (χ0) is 20.1. The predicted octanol–water partition coefficient (Wildman–Crippen LogP) is 6.10. The third kappa shape index (κ3) is 4.15. The van der Waals surface area contributed by atoms with Gasteiger partial charge in [0.1, 0.15) is 32.8 Å². The molecule has 29 heavy (non-hydrogen) atoms. The molecule has 0 amide bonds. The molecule has 0 aliphatic rings. The molecule has 0 aromatic heterocycles. The Hall–Kier alpha value is -3.57. The first-order chi connectivity index (χ1) is 14.1. The highest BCUT2D eigenvalue weighted by molar-refractivity contribution is 7.91. The van der Waals surface area contributed by atoms with Crippen molar-refractivity contribution < 1.29 is 17.9 Å². The summed E-state index contributed by atoms with van der Waals surface area (Å²) in [6, 6.07) is 31.3. The number of benzene rings is 4. The highest BCUT2D eigenvalue weighted by Crippen LogP contribution is 2.37. The standard InChI is InChI=1S/C24H18O4S/c25-29(26,23-17-9-7-15-21(23)27-19-11-3-1-4-12-19)24-18-10-8-16-22(24)28-20-13-5-2-6-14-20/h1-18H. The Morgan fingerprint density at radius 2 is 0.793 bits per heavy atom. The van der Waals surface area contributed by atoms with E-state index >= 15 is 0 Å².